The second-order valence-electron chi connectivity index (χ2n) is 5.38. The minimum Gasteiger partial charge on any atom is -0.480 e. The lowest BCUT2D eigenvalue weighted by Crippen LogP contribution is -2.44. The summed E-state index contributed by atoms with van der Waals surface area (Å²) >= 11 is 0. The first-order valence-electron chi connectivity index (χ1n) is 6.81. The molecule has 0 saturated heterocycles. The van der Waals surface area contributed by atoms with Gasteiger partial charge in [0, 0.05) is 13.5 Å². The molecular weight excluding hydrogens is 291 g/mol. The van der Waals surface area contributed by atoms with Crippen LogP contribution in [-0.4, -0.2) is 42.9 Å². The van der Waals surface area contributed by atoms with Crippen LogP contribution in [0.15, 0.2) is 0 Å². The second kappa shape index (κ2) is 7.63. The Kier molecular flexibility index (Phi) is 6.44. The van der Waals surface area contributed by atoms with E-state index in [1.165, 1.54) is 7.11 Å². The van der Waals surface area contributed by atoms with E-state index < -0.39 is 30.0 Å². The average Bonchev–Trinajstić information content (AvgIpc) is 2.37. The highest BCUT2D eigenvalue weighted by Gasteiger charge is 2.41. The van der Waals surface area contributed by atoms with Crippen molar-refractivity contribution in [3.05, 3.63) is 0 Å². The van der Waals surface area contributed by atoms with Crippen LogP contribution in [0.1, 0.15) is 32.1 Å². The van der Waals surface area contributed by atoms with Gasteiger partial charge in [-0.1, -0.05) is 0 Å². The van der Waals surface area contributed by atoms with Gasteiger partial charge in [-0.2, -0.15) is 13.2 Å². The Morgan fingerprint density at radius 1 is 1.29 bits per heavy atom. The maximum Gasteiger partial charge on any atom is 0.391 e. The highest BCUT2D eigenvalue weighted by atomic mass is 19.4. The molecule has 1 fully saturated rings. The van der Waals surface area contributed by atoms with Crippen molar-refractivity contribution >= 4 is 11.9 Å². The standard InChI is InChI=1S/C13H20F3NO4/c1-21-7-10(12(19)20)17-11(18)6-8-2-4-9(5-3-8)13(14,15)16/h8-10H,2-7H2,1H3,(H,17,18)(H,19,20). The molecule has 122 valence electrons. The minimum absolute atomic E-state index is 0.0296. The van der Waals surface area contributed by atoms with E-state index in [0.29, 0.717) is 12.8 Å². The van der Waals surface area contributed by atoms with Crippen LogP contribution in [0.4, 0.5) is 13.2 Å². The molecule has 1 saturated carbocycles. The molecule has 0 aromatic rings. The molecule has 0 radical (unpaired) electrons. The number of hydrogen-bond acceptors (Lipinski definition) is 3. The van der Waals surface area contributed by atoms with E-state index in [1.54, 1.807) is 0 Å². The zero-order valence-electron chi connectivity index (χ0n) is 11.8. The van der Waals surface area contributed by atoms with E-state index in [-0.39, 0.29) is 31.8 Å². The van der Waals surface area contributed by atoms with Gasteiger partial charge in [0.05, 0.1) is 12.5 Å². The quantitative estimate of drug-likeness (QED) is 0.786. The van der Waals surface area contributed by atoms with E-state index in [2.05, 4.69) is 10.1 Å². The van der Waals surface area contributed by atoms with Crippen molar-refractivity contribution in [1.82, 2.24) is 5.32 Å². The molecule has 21 heavy (non-hydrogen) atoms. The Balaban J connectivity index is 2.38. The predicted octanol–water partition coefficient (Wildman–Crippen LogP) is 1.96. The number of amides is 1. The number of carboxylic acid groups (broad SMARTS) is 1. The summed E-state index contributed by atoms with van der Waals surface area (Å²) < 4.78 is 42.2. The summed E-state index contributed by atoms with van der Waals surface area (Å²) in [6, 6.07) is -1.13. The molecule has 1 rings (SSSR count). The number of carboxylic acids is 1. The molecule has 0 aliphatic heterocycles. The van der Waals surface area contributed by atoms with Gasteiger partial charge in [-0.3, -0.25) is 4.79 Å². The largest absolute Gasteiger partial charge is 0.480 e. The molecule has 0 bridgehead atoms. The van der Waals surface area contributed by atoms with Crippen LogP contribution in [0.2, 0.25) is 0 Å². The van der Waals surface area contributed by atoms with Crippen molar-refractivity contribution in [1.29, 1.82) is 0 Å². The van der Waals surface area contributed by atoms with Crippen LogP contribution in [0.25, 0.3) is 0 Å². The van der Waals surface area contributed by atoms with Crippen molar-refractivity contribution in [2.75, 3.05) is 13.7 Å². The number of halogens is 3. The number of carbonyl (C=O) groups is 2. The van der Waals surface area contributed by atoms with Crippen LogP contribution in [0.3, 0.4) is 0 Å². The summed E-state index contributed by atoms with van der Waals surface area (Å²) in [6.07, 6.45) is -3.39. The fraction of sp³-hybridized carbons (Fsp3) is 0.846. The number of carbonyl (C=O) groups excluding carboxylic acids is 1. The molecule has 1 aliphatic carbocycles. The molecule has 0 spiro atoms. The third-order valence-corrected chi connectivity index (χ3v) is 3.75. The fourth-order valence-electron chi connectivity index (χ4n) is 2.55. The Hall–Kier alpha value is -1.31. The maximum atomic E-state index is 12.5. The van der Waals surface area contributed by atoms with Crippen molar-refractivity contribution in [2.24, 2.45) is 11.8 Å². The van der Waals surface area contributed by atoms with E-state index in [4.69, 9.17) is 5.11 Å². The Labute approximate surface area is 120 Å². The smallest absolute Gasteiger partial charge is 0.391 e. The number of nitrogens with one attached hydrogen (secondary N) is 1. The summed E-state index contributed by atoms with van der Waals surface area (Å²) in [4.78, 5) is 22.6. The third-order valence-electron chi connectivity index (χ3n) is 3.75. The number of ether oxygens (including phenoxy) is 1. The van der Waals surface area contributed by atoms with Crippen molar-refractivity contribution in [2.45, 2.75) is 44.3 Å². The molecule has 0 aromatic heterocycles. The maximum absolute atomic E-state index is 12.5. The Bertz CT molecular complexity index is 365. The van der Waals surface area contributed by atoms with Gasteiger partial charge in [0.25, 0.3) is 0 Å². The third kappa shape index (κ3) is 5.91. The van der Waals surface area contributed by atoms with Crippen LogP contribution in [0.5, 0.6) is 0 Å². The van der Waals surface area contributed by atoms with Gasteiger partial charge in [-0.05, 0) is 31.6 Å². The SMILES string of the molecule is COCC(NC(=O)CC1CCC(C(F)(F)F)CC1)C(=O)O. The highest BCUT2D eigenvalue weighted by Crippen LogP contribution is 2.40. The summed E-state index contributed by atoms with van der Waals surface area (Å²) in [5.74, 6) is -3.07. The number of alkyl halides is 3. The van der Waals surface area contributed by atoms with Crippen molar-refractivity contribution < 1.29 is 32.6 Å². The van der Waals surface area contributed by atoms with Gasteiger partial charge < -0.3 is 15.2 Å². The first-order valence-corrected chi connectivity index (χ1v) is 6.81. The average molecular weight is 311 g/mol. The monoisotopic (exact) mass is 311 g/mol. The van der Waals surface area contributed by atoms with Crippen molar-refractivity contribution in [3.63, 3.8) is 0 Å². The van der Waals surface area contributed by atoms with E-state index in [9.17, 15) is 22.8 Å². The lowest BCUT2D eigenvalue weighted by Gasteiger charge is -2.29. The van der Waals surface area contributed by atoms with Gasteiger partial charge in [-0.15, -0.1) is 0 Å². The summed E-state index contributed by atoms with van der Waals surface area (Å²) in [7, 11) is 1.32. The number of methoxy groups -OCH3 is 1. The number of aliphatic carboxylic acids is 1. The topological polar surface area (TPSA) is 75.6 Å². The Morgan fingerprint density at radius 3 is 2.29 bits per heavy atom. The zero-order valence-corrected chi connectivity index (χ0v) is 11.8. The normalized spacial score (nSPS) is 24.4. The van der Waals surface area contributed by atoms with Crippen LogP contribution >= 0.6 is 0 Å². The summed E-state index contributed by atoms with van der Waals surface area (Å²) in [6.45, 7) is -0.151. The van der Waals surface area contributed by atoms with Gasteiger partial charge in [0.2, 0.25) is 5.91 Å². The molecule has 5 nitrogen and oxygen atoms in total. The van der Waals surface area contributed by atoms with Crippen LogP contribution < -0.4 is 5.32 Å². The molecule has 1 unspecified atom stereocenters. The predicted molar refractivity (Wildman–Crippen MR) is 67.6 cm³/mol. The highest BCUT2D eigenvalue weighted by molar-refractivity contribution is 5.83. The van der Waals surface area contributed by atoms with E-state index in [1.807, 2.05) is 0 Å². The second-order valence-corrected chi connectivity index (χ2v) is 5.38. The molecule has 8 heteroatoms. The van der Waals surface area contributed by atoms with Crippen LogP contribution in [-0.2, 0) is 14.3 Å². The molecular formula is C13H20F3NO4. The van der Waals surface area contributed by atoms with Gasteiger partial charge in [0.1, 0.15) is 0 Å². The molecule has 2 N–H and O–H groups in total. The van der Waals surface area contributed by atoms with Gasteiger partial charge >= 0.3 is 12.1 Å². The molecule has 1 aliphatic rings. The fourth-order valence-corrected chi connectivity index (χ4v) is 2.55. The summed E-state index contributed by atoms with van der Waals surface area (Å²) in [5, 5.41) is 11.2. The molecule has 1 atom stereocenters. The lowest BCUT2D eigenvalue weighted by molar-refractivity contribution is -0.184. The van der Waals surface area contributed by atoms with Crippen LogP contribution in [0, 0.1) is 11.8 Å². The summed E-state index contributed by atoms with van der Waals surface area (Å²) in [5.41, 5.74) is 0. The van der Waals surface area contributed by atoms with Gasteiger partial charge in [-0.25, -0.2) is 4.79 Å². The van der Waals surface area contributed by atoms with E-state index >= 15 is 0 Å². The number of rotatable bonds is 6. The molecule has 1 amide bonds. The minimum atomic E-state index is -4.17. The first-order chi connectivity index (χ1) is 9.74. The van der Waals surface area contributed by atoms with Gasteiger partial charge in [0.15, 0.2) is 6.04 Å². The lowest BCUT2D eigenvalue weighted by atomic mass is 9.80. The zero-order chi connectivity index (χ0) is 16.0. The van der Waals surface area contributed by atoms with E-state index in [0.717, 1.165) is 0 Å². The molecule has 0 aromatic carbocycles. The molecule has 0 heterocycles. The van der Waals surface area contributed by atoms with Crippen molar-refractivity contribution in [3.8, 4) is 0 Å². The Morgan fingerprint density at radius 2 is 1.86 bits per heavy atom. The first kappa shape index (κ1) is 17.7. The number of hydrogen-bond donors (Lipinski definition) is 2.